The van der Waals surface area contributed by atoms with Gasteiger partial charge in [-0.25, -0.2) is 4.79 Å². The van der Waals surface area contributed by atoms with Crippen LogP contribution < -0.4 is 5.32 Å². The number of carbonyl (C=O) groups is 2. The molecule has 0 fully saturated rings. The molecule has 0 unspecified atom stereocenters. The number of rotatable bonds is 4. The summed E-state index contributed by atoms with van der Waals surface area (Å²) < 4.78 is 9.64. The van der Waals surface area contributed by atoms with Gasteiger partial charge in [-0.1, -0.05) is 12.2 Å². The van der Waals surface area contributed by atoms with Gasteiger partial charge < -0.3 is 14.8 Å². The van der Waals surface area contributed by atoms with Gasteiger partial charge in [0.25, 0.3) is 0 Å². The Balaban J connectivity index is 4.35. The lowest BCUT2D eigenvalue weighted by Crippen LogP contribution is -2.39. The molecule has 1 N–H and O–H groups in total. The minimum Gasteiger partial charge on any atom is -0.469 e. The number of allylic oxidation sites excluding steroid dienone is 1. The average molecular weight is 243 g/mol. The molecule has 0 heterocycles. The van der Waals surface area contributed by atoms with Crippen LogP contribution in [0.1, 0.15) is 34.1 Å². The van der Waals surface area contributed by atoms with Crippen molar-refractivity contribution in [3.8, 4) is 0 Å². The minimum absolute atomic E-state index is 0.0834. The van der Waals surface area contributed by atoms with Crippen LogP contribution in [0, 0.1) is 0 Å². The van der Waals surface area contributed by atoms with Crippen molar-refractivity contribution in [1.29, 1.82) is 0 Å². The Hall–Kier alpha value is -1.52. The molecule has 0 aromatic rings. The van der Waals surface area contributed by atoms with Gasteiger partial charge in [-0.15, -0.1) is 0 Å². The molecule has 0 bridgehead atoms. The van der Waals surface area contributed by atoms with E-state index in [2.05, 4.69) is 10.1 Å². The summed E-state index contributed by atoms with van der Waals surface area (Å²) in [7, 11) is 1.31. The maximum absolute atomic E-state index is 11.5. The van der Waals surface area contributed by atoms with Crippen molar-refractivity contribution in [3.63, 3.8) is 0 Å². The van der Waals surface area contributed by atoms with Gasteiger partial charge in [0.15, 0.2) is 0 Å². The number of amides is 1. The molecule has 1 atom stereocenters. The van der Waals surface area contributed by atoms with Gasteiger partial charge in [0.2, 0.25) is 0 Å². The summed E-state index contributed by atoms with van der Waals surface area (Å²) in [6, 6.07) is -0.415. The third kappa shape index (κ3) is 8.30. The Morgan fingerprint density at radius 1 is 1.35 bits per heavy atom. The molecule has 0 aromatic heterocycles. The fourth-order valence-corrected chi connectivity index (χ4v) is 1.12. The van der Waals surface area contributed by atoms with Crippen LogP contribution in [-0.2, 0) is 14.3 Å². The Bertz CT molecular complexity index is 291. The van der Waals surface area contributed by atoms with E-state index in [1.54, 1.807) is 39.8 Å². The molecule has 0 saturated carbocycles. The lowest BCUT2D eigenvalue weighted by Gasteiger charge is -2.21. The van der Waals surface area contributed by atoms with E-state index in [1.807, 2.05) is 0 Å². The lowest BCUT2D eigenvalue weighted by molar-refractivity contribution is -0.140. The number of hydrogen-bond donors (Lipinski definition) is 1. The molecule has 0 rings (SSSR count). The second-order valence-corrected chi connectivity index (χ2v) is 4.56. The van der Waals surface area contributed by atoms with Crippen molar-refractivity contribution in [3.05, 3.63) is 12.2 Å². The molecule has 1 amide bonds. The fourth-order valence-electron chi connectivity index (χ4n) is 1.12. The van der Waals surface area contributed by atoms with Crippen LogP contribution in [0.5, 0.6) is 0 Å². The van der Waals surface area contributed by atoms with Crippen LogP contribution in [0.25, 0.3) is 0 Å². The monoisotopic (exact) mass is 243 g/mol. The van der Waals surface area contributed by atoms with Crippen LogP contribution in [0.15, 0.2) is 12.2 Å². The quantitative estimate of drug-likeness (QED) is 0.606. The first kappa shape index (κ1) is 15.5. The molecule has 98 valence electrons. The topological polar surface area (TPSA) is 64.6 Å². The number of nitrogens with one attached hydrogen (secondary N) is 1. The number of esters is 1. The highest BCUT2D eigenvalue weighted by atomic mass is 16.6. The van der Waals surface area contributed by atoms with Gasteiger partial charge in [-0.3, -0.25) is 4.79 Å². The molecule has 0 aliphatic rings. The third-order valence-corrected chi connectivity index (χ3v) is 1.74. The fraction of sp³-hybridized carbons (Fsp3) is 0.667. The van der Waals surface area contributed by atoms with Crippen molar-refractivity contribution < 1.29 is 19.1 Å². The predicted octanol–water partition coefficient (Wildman–Crippen LogP) is 2.02. The Morgan fingerprint density at radius 3 is 2.35 bits per heavy atom. The van der Waals surface area contributed by atoms with Crippen molar-refractivity contribution in [2.45, 2.75) is 45.8 Å². The summed E-state index contributed by atoms with van der Waals surface area (Å²) >= 11 is 0. The number of alkyl carbamates (subject to hydrolysis) is 1. The zero-order valence-electron chi connectivity index (χ0n) is 11.1. The summed E-state index contributed by atoms with van der Waals surface area (Å²) in [5, 5.41) is 2.59. The summed E-state index contributed by atoms with van der Waals surface area (Å²) in [6.45, 7) is 7.13. The molecule has 5 nitrogen and oxygen atoms in total. The Labute approximate surface area is 102 Å². The van der Waals surface area contributed by atoms with E-state index < -0.39 is 17.7 Å². The van der Waals surface area contributed by atoms with E-state index in [1.165, 1.54) is 7.11 Å². The highest BCUT2D eigenvalue weighted by Crippen LogP contribution is 2.07. The summed E-state index contributed by atoms with van der Waals surface area (Å²) in [6.07, 6.45) is 3.00. The number of hydrogen-bond acceptors (Lipinski definition) is 4. The molecular weight excluding hydrogens is 222 g/mol. The highest BCUT2D eigenvalue weighted by Gasteiger charge is 2.19. The largest absolute Gasteiger partial charge is 0.469 e. The number of carbonyl (C=O) groups excluding carboxylic acids is 2. The van der Waals surface area contributed by atoms with E-state index in [-0.39, 0.29) is 12.4 Å². The molecule has 0 saturated heterocycles. The Morgan fingerprint density at radius 2 is 1.94 bits per heavy atom. The van der Waals surface area contributed by atoms with E-state index in [4.69, 9.17) is 4.74 Å². The van der Waals surface area contributed by atoms with Crippen molar-refractivity contribution in [2.75, 3.05) is 7.11 Å². The van der Waals surface area contributed by atoms with Crippen LogP contribution >= 0.6 is 0 Å². The first-order valence-electron chi connectivity index (χ1n) is 5.47. The first-order valence-corrected chi connectivity index (χ1v) is 5.47. The molecule has 0 aromatic carbocycles. The summed E-state index contributed by atoms with van der Waals surface area (Å²) in [5.74, 6) is -0.385. The maximum Gasteiger partial charge on any atom is 0.408 e. The normalized spacial score (nSPS) is 13.2. The van der Waals surface area contributed by atoms with Crippen molar-refractivity contribution >= 4 is 12.1 Å². The Kier molecular flexibility index (Phi) is 6.31. The van der Waals surface area contributed by atoms with E-state index in [9.17, 15) is 9.59 Å². The van der Waals surface area contributed by atoms with Crippen molar-refractivity contribution in [2.24, 2.45) is 0 Å². The number of methoxy groups -OCH3 is 1. The van der Waals surface area contributed by atoms with Gasteiger partial charge in [-0.05, 0) is 27.7 Å². The molecular formula is C12H21NO4. The predicted molar refractivity (Wildman–Crippen MR) is 64.6 cm³/mol. The highest BCUT2D eigenvalue weighted by molar-refractivity contribution is 5.73. The lowest BCUT2D eigenvalue weighted by atomic mass is 10.2. The zero-order valence-corrected chi connectivity index (χ0v) is 11.1. The van der Waals surface area contributed by atoms with E-state index >= 15 is 0 Å². The van der Waals surface area contributed by atoms with Gasteiger partial charge in [-0.2, -0.15) is 0 Å². The number of ether oxygens (including phenoxy) is 2. The first-order chi connectivity index (χ1) is 7.78. The van der Waals surface area contributed by atoms with Crippen LogP contribution in [0.2, 0.25) is 0 Å². The molecule has 0 spiro atoms. The standard InChI is InChI=1S/C12H21NO4/c1-6-7-9(8-10(14)16-5)13-11(15)17-12(2,3)4/h6-7,9H,8H2,1-5H3,(H,13,15)/b7-6+/t9-/m0/s1. The van der Waals surface area contributed by atoms with Crippen LogP contribution in [-0.4, -0.2) is 30.8 Å². The molecule has 0 aliphatic heterocycles. The zero-order chi connectivity index (χ0) is 13.5. The van der Waals surface area contributed by atoms with Crippen LogP contribution in [0.4, 0.5) is 4.79 Å². The maximum atomic E-state index is 11.5. The summed E-state index contributed by atoms with van der Waals surface area (Å²) in [4.78, 5) is 22.6. The van der Waals surface area contributed by atoms with E-state index in [0.29, 0.717) is 0 Å². The molecule has 5 heteroatoms. The van der Waals surface area contributed by atoms with Crippen molar-refractivity contribution in [1.82, 2.24) is 5.32 Å². The summed E-state index contributed by atoms with van der Waals surface area (Å²) in [5.41, 5.74) is -0.560. The van der Waals surface area contributed by atoms with Gasteiger partial charge in [0, 0.05) is 0 Å². The van der Waals surface area contributed by atoms with Gasteiger partial charge in [0.05, 0.1) is 19.6 Å². The second-order valence-electron chi connectivity index (χ2n) is 4.56. The molecule has 17 heavy (non-hydrogen) atoms. The smallest absolute Gasteiger partial charge is 0.408 e. The van der Waals surface area contributed by atoms with E-state index in [0.717, 1.165) is 0 Å². The van der Waals surface area contributed by atoms with Gasteiger partial charge >= 0.3 is 12.1 Å². The van der Waals surface area contributed by atoms with Crippen LogP contribution in [0.3, 0.4) is 0 Å². The third-order valence-electron chi connectivity index (χ3n) is 1.74. The van der Waals surface area contributed by atoms with Gasteiger partial charge in [0.1, 0.15) is 5.60 Å². The second kappa shape index (κ2) is 6.93. The molecule has 0 radical (unpaired) electrons. The SMILES string of the molecule is C/C=C/[C@@H](CC(=O)OC)NC(=O)OC(C)(C)C. The molecule has 0 aliphatic carbocycles. The minimum atomic E-state index is -0.560. The average Bonchev–Trinajstić information content (AvgIpc) is 2.14.